The lowest BCUT2D eigenvalue weighted by Gasteiger charge is -2.05. The van der Waals surface area contributed by atoms with Gasteiger partial charge in [0.25, 0.3) is 0 Å². The summed E-state index contributed by atoms with van der Waals surface area (Å²) in [6, 6.07) is 29.3. The number of nitrogens with one attached hydrogen (secondary N) is 1. The van der Waals surface area contributed by atoms with E-state index in [0.29, 0.717) is 39.1 Å². The van der Waals surface area contributed by atoms with Crippen LogP contribution in [0.4, 0.5) is 10.1 Å². The molecular formula is C34H24FN3O4. The molecule has 0 aliphatic carbocycles. The van der Waals surface area contributed by atoms with Gasteiger partial charge in [-0.1, -0.05) is 30.3 Å². The van der Waals surface area contributed by atoms with Crippen LogP contribution in [0.2, 0.25) is 0 Å². The van der Waals surface area contributed by atoms with Crippen molar-refractivity contribution in [1.29, 1.82) is 0 Å². The van der Waals surface area contributed by atoms with E-state index in [-0.39, 0.29) is 23.0 Å². The molecule has 0 spiro atoms. The van der Waals surface area contributed by atoms with Crippen molar-refractivity contribution in [2.75, 3.05) is 12.4 Å². The molecule has 6 rings (SSSR count). The minimum Gasteiger partial charge on any atom is -0.497 e. The third-order valence-corrected chi connectivity index (χ3v) is 6.70. The normalized spacial score (nSPS) is 11.2. The first kappa shape index (κ1) is 26.5. The number of aromatic nitrogens is 2. The summed E-state index contributed by atoms with van der Waals surface area (Å²) in [6.45, 7) is 0. The summed E-state index contributed by atoms with van der Waals surface area (Å²) >= 11 is 0. The highest BCUT2D eigenvalue weighted by molar-refractivity contribution is 6.18. The lowest BCUT2D eigenvalue weighted by Crippen LogP contribution is -2.11. The van der Waals surface area contributed by atoms with Gasteiger partial charge in [0, 0.05) is 34.3 Å². The van der Waals surface area contributed by atoms with Crippen LogP contribution in [0.3, 0.4) is 0 Å². The Morgan fingerprint density at radius 3 is 2.36 bits per heavy atom. The number of anilines is 1. The van der Waals surface area contributed by atoms with Crippen LogP contribution in [0.5, 0.6) is 5.75 Å². The molecule has 1 N–H and O–H groups in total. The highest BCUT2D eigenvalue weighted by atomic mass is 19.1. The van der Waals surface area contributed by atoms with Gasteiger partial charge in [-0.25, -0.2) is 9.07 Å². The minimum atomic E-state index is -0.470. The Hall–Kier alpha value is -5.76. The fourth-order valence-electron chi connectivity index (χ4n) is 4.59. The first-order valence-electron chi connectivity index (χ1n) is 13.1. The molecule has 1 amide bonds. The van der Waals surface area contributed by atoms with Gasteiger partial charge in [-0.2, -0.15) is 5.10 Å². The van der Waals surface area contributed by atoms with Gasteiger partial charge in [0.2, 0.25) is 11.7 Å². The van der Waals surface area contributed by atoms with Crippen LogP contribution < -0.4 is 10.1 Å². The molecule has 8 heteroatoms. The van der Waals surface area contributed by atoms with Gasteiger partial charge in [-0.05, 0) is 78.9 Å². The van der Waals surface area contributed by atoms with Crippen molar-refractivity contribution in [1.82, 2.24) is 9.78 Å². The number of methoxy groups -OCH3 is 1. The zero-order chi connectivity index (χ0) is 29.1. The van der Waals surface area contributed by atoms with E-state index in [1.165, 1.54) is 18.2 Å². The van der Waals surface area contributed by atoms with Gasteiger partial charge in [0.05, 0.1) is 24.2 Å². The Morgan fingerprint density at radius 2 is 1.62 bits per heavy atom. The summed E-state index contributed by atoms with van der Waals surface area (Å²) in [6.07, 6.45) is 4.79. The van der Waals surface area contributed by atoms with E-state index in [4.69, 9.17) is 14.3 Å². The van der Waals surface area contributed by atoms with Crippen LogP contribution in [0.25, 0.3) is 34.0 Å². The second-order valence-electron chi connectivity index (χ2n) is 9.40. The Bertz CT molecular complexity index is 1920. The maximum Gasteiger partial charge on any atom is 0.248 e. The van der Waals surface area contributed by atoms with E-state index in [1.54, 1.807) is 84.7 Å². The van der Waals surface area contributed by atoms with Crippen molar-refractivity contribution in [3.05, 3.63) is 138 Å². The predicted octanol–water partition coefficient (Wildman–Crippen LogP) is 7.32. The summed E-state index contributed by atoms with van der Waals surface area (Å²) in [7, 11) is 1.55. The SMILES string of the molecule is COc1ccc(C(=O)c2oc3ccccc3c2NC(=O)/C=C/c2cn(-c3ccccc3)nc2-c2ccc(F)cc2)cc1. The van der Waals surface area contributed by atoms with Gasteiger partial charge in [-0.3, -0.25) is 9.59 Å². The number of hydrogen-bond donors (Lipinski definition) is 1. The Morgan fingerprint density at radius 1 is 0.905 bits per heavy atom. The van der Waals surface area contributed by atoms with Crippen molar-refractivity contribution >= 4 is 34.4 Å². The zero-order valence-corrected chi connectivity index (χ0v) is 22.5. The Labute approximate surface area is 240 Å². The molecule has 42 heavy (non-hydrogen) atoms. The highest BCUT2D eigenvalue weighted by Crippen LogP contribution is 2.33. The maximum atomic E-state index is 13.6. The van der Waals surface area contributed by atoms with E-state index in [2.05, 4.69) is 5.32 Å². The molecule has 0 aliphatic heterocycles. The Balaban J connectivity index is 1.33. The first-order valence-corrected chi connectivity index (χ1v) is 13.1. The van der Waals surface area contributed by atoms with Gasteiger partial charge in [0.1, 0.15) is 17.1 Å². The summed E-state index contributed by atoms with van der Waals surface area (Å²) in [5.74, 6) is -0.568. The molecule has 0 saturated heterocycles. The van der Waals surface area contributed by atoms with Crippen molar-refractivity contribution in [3.8, 4) is 22.7 Å². The maximum absolute atomic E-state index is 13.6. The molecule has 0 atom stereocenters. The van der Waals surface area contributed by atoms with Crippen LogP contribution in [-0.2, 0) is 4.79 Å². The average Bonchev–Trinajstić information content (AvgIpc) is 3.62. The van der Waals surface area contributed by atoms with E-state index in [1.807, 2.05) is 30.3 Å². The number of ketones is 1. The summed E-state index contributed by atoms with van der Waals surface area (Å²) in [5.41, 5.74) is 3.88. The highest BCUT2D eigenvalue weighted by Gasteiger charge is 2.23. The molecule has 2 heterocycles. The van der Waals surface area contributed by atoms with Crippen LogP contribution in [0, 0.1) is 5.82 Å². The number of benzene rings is 4. The van der Waals surface area contributed by atoms with Gasteiger partial charge < -0.3 is 14.5 Å². The minimum absolute atomic E-state index is 0.0204. The topological polar surface area (TPSA) is 86.4 Å². The summed E-state index contributed by atoms with van der Waals surface area (Å²) in [4.78, 5) is 26.7. The number of hydrogen-bond acceptors (Lipinski definition) is 5. The molecule has 4 aromatic carbocycles. The number of rotatable bonds is 8. The smallest absolute Gasteiger partial charge is 0.248 e. The van der Waals surface area contributed by atoms with Gasteiger partial charge >= 0.3 is 0 Å². The average molecular weight is 558 g/mol. The first-order chi connectivity index (χ1) is 20.5. The fraction of sp³-hybridized carbons (Fsp3) is 0.0294. The van der Waals surface area contributed by atoms with E-state index < -0.39 is 5.91 Å². The standard InChI is InChI=1S/C34H24FN3O4/c1-41-27-18-13-23(14-19-27)33(40)34-32(28-9-5-6-10-29(28)42-34)36-30(39)20-15-24-21-38(26-7-3-2-4-8-26)37-31(24)22-11-16-25(35)17-12-22/h2-21H,1H3,(H,36,39)/b20-15+. The Kier molecular flexibility index (Phi) is 7.17. The lowest BCUT2D eigenvalue weighted by atomic mass is 10.1. The summed E-state index contributed by atoms with van der Waals surface area (Å²) < 4.78 is 26.4. The summed E-state index contributed by atoms with van der Waals surface area (Å²) in [5, 5.41) is 8.14. The van der Waals surface area contributed by atoms with Crippen molar-refractivity contribution in [3.63, 3.8) is 0 Å². The second-order valence-corrected chi connectivity index (χ2v) is 9.40. The number of fused-ring (bicyclic) bond motifs is 1. The van der Waals surface area contributed by atoms with Gasteiger partial charge in [-0.15, -0.1) is 0 Å². The molecule has 0 bridgehead atoms. The molecule has 0 radical (unpaired) electrons. The molecule has 7 nitrogen and oxygen atoms in total. The molecule has 0 saturated carbocycles. The van der Waals surface area contributed by atoms with Crippen LogP contribution >= 0.6 is 0 Å². The number of furan rings is 1. The monoisotopic (exact) mass is 557 g/mol. The number of ether oxygens (including phenoxy) is 1. The van der Waals surface area contributed by atoms with Crippen LogP contribution in [-0.4, -0.2) is 28.6 Å². The molecular weight excluding hydrogens is 533 g/mol. The second kappa shape index (κ2) is 11.4. The molecule has 206 valence electrons. The van der Waals surface area contributed by atoms with E-state index >= 15 is 0 Å². The number of amides is 1. The lowest BCUT2D eigenvalue weighted by molar-refractivity contribution is -0.111. The van der Waals surface area contributed by atoms with Crippen LogP contribution in [0.15, 0.2) is 120 Å². The van der Waals surface area contributed by atoms with Crippen LogP contribution in [0.1, 0.15) is 21.7 Å². The zero-order valence-electron chi connectivity index (χ0n) is 22.5. The quantitative estimate of drug-likeness (QED) is 0.157. The number of carbonyl (C=O) groups is 2. The fourth-order valence-corrected chi connectivity index (χ4v) is 4.59. The molecule has 0 unspecified atom stereocenters. The molecule has 6 aromatic rings. The van der Waals surface area contributed by atoms with Crippen molar-refractivity contribution < 1.29 is 23.1 Å². The third kappa shape index (κ3) is 5.33. The third-order valence-electron chi connectivity index (χ3n) is 6.70. The van der Waals surface area contributed by atoms with Crippen molar-refractivity contribution in [2.24, 2.45) is 0 Å². The largest absolute Gasteiger partial charge is 0.497 e. The molecule has 0 aliphatic rings. The number of para-hydroxylation sites is 2. The molecule has 0 fully saturated rings. The van der Waals surface area contributed by atoms with E-state index in [9.17, 15) is 14.0 Å². The van der Waals surface area contributed by atoms with E-state index in [0.717, 1.165) is 5.69 Å². The predicted molar refractivity (Wildman–Crippen MR) is 159 cm³/mol. The number of carbonyl (C=O) groups excluding carboxylic acids is 2. The molecule has 2 aromatic heterocycles. The number of nitrogens with zero attached hydrogens (tertiary/aromatic N) is 2. The van der Waals surface area contributed by atoms with Gasteiger partial charge in [0.15, 0.2) is 5.76 Å². The van der Waals surface area contributed by atoms with Crippen molar-refractivity contribution in [2.45, 2.75) is 0 Å². The number of halogens is 1.